The molecule has 1 aromatic heterocycles. The molecule has 150 valence electrons. The average Bonchev–Trinajstić information content (AvgIpc) is 3.13. The monoisotopic (exact) mass is 383 g/mol. The first kappa shape index (κ1) is 19.0. The molecule has 2 aliphatic rings. The van der Waals surface area contributed by atoms with Crippen molar-refractivity contribution in [1.82, 2.24) is 14.4 Å². The van der Waals surface area contributed by atoms with Gasteiger partial charge in [-0.2, -0.15) is 0 Å². The molecule has 4 rings (SSSR count). The second kappa shape index (κ2) is 7.95. The van der Waals surface area contributed by atoms with Gasteiger partial charge in [-0.15, -0.1) is 0 Å². The van der Waals surface area contributed by atoms with E-state index in [-0.39, 0.29) is 12.0 Å². The van der Waals surface area contributed by atoms with Crippen LogP contribution in [-0.4, -0.2) is 65.7 Å². The molecule has 2 aromatic rings. The summed E-state index contributed by atoms with van der Waals surface area (Å²) in [4.78, 5) is 28.1. The van der Waals surface area contributed by atoms with E-state index in [0.717, 1.165) is 57.4 Å². The topological polar surface area (TPSA) is 54.8 Å². The molecular formula is C22H29N3O3. The highest BCUT2D eigenvalue weighted by molar-refractivity contribution is 5.93. The minimum Gasteiger partial charge on any atom is -0.453 e. The number of carbonyl (C=O) groups is 2. The number of fused-ring (bicyclic) bond motifs is 1. The average molecular weight is 383 g/mol. The third-order valence-electron chi connectivity index (χ3n) is 6.47. The maximum Gasteiger partial charge on any atom is 0.409 e. The molecule has 0 radical (unpaired) electrons. The first-order chi connectivity index (χ1) is 13.6. The van der Waals surface area contributed by atoms with Gasteiger partial charge in [0.1, 0.15) is 0 Å². The second-order valence-electron chi connectivity index (χ2n) is 7.99. The first-order valence-corrected chi connectivity index (χ1v) is 10.3. The Labute approximate surface area is 166 Å². The van der Waals surface area contributed by atoms with E-state index in [1.807, 2.05) is 12.1 Å². The highest BCUT2D eigenvalue weighted by Crippen LogP contribution is 2.35. The molecule has 1 aromatic carbocycles. The normalized spacial score (nSPS) is 19.9. The second-order valence-corrected chi connectivity index (χ2v) is 7.99. The van der Waals surface area contributed by atoms with E-state index < -0.39 is 0 Å². The van der Waals surface area contributed by atoms with E-state index in [1.54, 1.807) is 16.4 Å². The zero-order chi connectivity index (χ0) is 19.7. The number of hydrogen-bond donors (Lipinski definition) is 0. The van der Waals surface area contributed by atoms with Crippen LogP contribution in [0, 0.1) is 0 Å². The molecule has 0 spiro atoms. The number of nitrogens with zero attached hydrogens (tertiary/aromatic N) is 3. The quantitative estimate of drug-likeness (QED) is 0.793. The highest BCUT2D eigenvalue weighted by Gasteiger charge is 2.31. The fraction of sp³-hybridized carbons (Fsp3) is 0.545. The molecule has 0 unspecified atom stereocenters. The van der Waals surface area contributed by atoms with Crippen LogP contribution in [0.5, 0.6) is 0 Å². The molecule has 28 heavy (non-hydrogen) atoms. The minimum atomic E-state index is -0.209. The van der Waals surface area contributed by atoms with Crippen LogP contribution in [0.15, 0.2) is 30.5 Å². The molecule has 6 nitrogen and oxygen atoms in total. The van der Waals surface area contributed by atoms with Gasteiger partial charge in [0.15, 0.2) is 0 Å². The summed E-state index contributed by atoms with van der Waals surface area (Å²) in [6, 6.07) is 8.78. The van der Waals surface area contributed by atoms with Crippen molar-refractivity contribution in [2.24, 2.45) is 0 Å². The fourth-order valence-corrected chi connectivity index (χ4v) is 4.91. The van der Waals surface area contributed by atoms with Crippen molar-refractivity contribution in [3.05, 3.63) is 36.0 Å². The molecule has 0 aliphatic carbocycles. The van der Waals surface area contributed by atoms with Crippen molar-refractivity contribution in [3.8, 4) is 0 Å². The Balaban J connectivity index is 1.41. The number of carbonyl (C=O) groups excluding carboxylic acids is 2. The van der Waals surface area contributed by atoms with E-state index >= 15 is 0 Å². The van der Waals surface area contributed by atoms with Crippen molar-refractivity contribution in [1.29, 1.82) is 0 Å². The lowest BCUT2D eigenvalue weighted by Crippen LogP contribution is -2.48. The smallest absolute Gasteiger partial charge is 0.409 e. The summed E-state index contributed by atoms with van der Waals surface area (Å²) >= 11 is 0. The third-order valence-corrected chi connectivity index (χ3v) is 6.47. The zero-order valence-corrected chi connectivity index (χ0v) is 16.8. The van der Waals surface area contributed by atoms with Crippen LogP contribution < -0.4 is 0 Å². The Morgan fingerprint density at radius 3 is 2.32 bits per heavy atom. The Morgan fingerprint density at radius 1 is 1.00 bits per heavy atom. The van der Waals surface area contributed by atoms with Crippen LogP contribution in [0.1, 0.15) is 48.9 Å². The number of ether oxygens (including phenoxy) is 1. The fourth-order valence-electron chi connectivity index (χ4n) is 4.91. The molecule has 6 heteroatoms. The number of hydrogen-bond acceptors (Lipinski definition) is 4. The van der Waals surface area contributed by atoms with Crippen molar-refractivity contribution >= 4 is 22.9 Å². The lowest BCUT2D eigenvalue weighted by Gasteiger charge is -2.41. The van der Waals surface area contributed by atoms with Gasteiger partial charge < -0.3 is 14.5 Å². The number of amides is 1. The molecule has 0 saturated carbocycles. The van der Waals surface area contributed by atoms with Crippen LogP contribution in [0.25, 0.3) is 10.9 Å². The molecule has 0 bridgehead atoms. The van der Waals surface area contributed by atoms with Gasteiger partial charge >= 0.3 is 6.09 Å². The predicted molar refractivity (Wildman–Crippen MR) is 109 cm³/mol. The maximum absolute atomic E-state index is 12.0. The number of piperidine rings is 2. The van der Waals surface area contributed by atoms with Gasteiger partial charge in [-0.1, -0.05) is 18.2 Å². The van der Waals surface area contributed by atoms with Crippen molar-refractivity contribution in [3.63, 3.8) is 0 Å². The van der Waals surface area contributed by atoms with E-state index in [9.17, 15) is 9.59 Å². The summed E-state index contributed by atoms with van der Waals surface area (Å²) in [7, 11) is 1.45. The van der Waals surface area contributed by atoms with Crippen molar-refractivity contribution < 1.29 is 14.3 Å². The van der Waals surface area contributed by atoms with E-state index in [2.05, 4.69) is 23.2 Å². The number of rotatable bonds is 2. The van der Waals surface area contributed by atoms with Crippen LogP contribution in [0.2, 0.25) is 0 Å². The van der Waals surface area contributed by atoms with Gasteiger partial charge in [0, 0.05) is 37.6 Å². The van der Waals surface area contributed by atoms with E-state index in [0.29, 0.717) is 12.0 Å². The van der Waals surface area contributed by atoms with Gasteiger partial charge in [0.25, 0.3) is 0 Å². The molecular weight excluding hydrogens is 354 g/mol. The van der Waals surface area contributed by atoms with Crippen molar-refractivity contribution in [2.45, 2.75) is 44.6 Å². The number of aromatic nitrogens is 1. The third kappa shape index (κ3) is 3.53. The molecule has 2 fully saturated rings. The standard InChI is InChI=1S/C22H29N3O3/c1-16(26)25-15-20(19-5-3-4-6-21(19)25)17-7-11-23(12-8-17)18-9-13-24(14-10-18)22(27)28-2/h3-6,15,17-18H,7-14H2,1-2H3. The lowest BCUT2D eigenvalue weighted by molar-refractivity contribution is 0.0734. The molecule has 0 atom stereocenters. The Bertz CT molecular complexity index is 859. The summed E-state index contributed by atoms with van der Waals surface area (Å²) in [5.41, 5.74) is 2.33. The molecule has 3 heterocycles. The van der Waals surface area contributed by atoms with Gasteiger partial charge in [0.05, 0.1) is 12.6 Å². The largest absolute Gasteiger partial charge is 0.453 e. The summed E-state index contributed by atoms with van der Waals surface area (Å²) in [6.07, 6.45) is 6.11. The Morgan fingerprint density at radius 2 is 1.68 bits per heavy atom. The summed E-state index contributed by atoms with van der Waals surface area (Å²) < 4.78 is 6.63. The minimum absolute atomic E-state index is 0.0669. The first-order valence-electron chi connectivity index (χ1n) is 10.3. The van der Waals surface area contributed by atoms with Gasteiger partial charge in [-0.05, 0) is 56.3 Å². The van der Waals surface area contributed by atoms with Crippen LogP contribution in [0.3, 0.4) is 0 Å². The Kier molecular flexibility index (Phi) is 5.40. The Hall–Kier alpha value is -2.34. The lowest BCUT2D eigenvalue weighted by atomic mass is 9.88. The van der Waals surface area contributed by atoms with Gasteiger partial charge in [-0.25, -0.2) is 4.79 Å². The number of methoxy groups -OCH3 is 1. The molecule has 2 saturated heterocycles. The molecule has 0 N–H and O–H groups in total. The number of para-hydroxylation sites is 1. The SMILES string of the molecule is COC(=O)N1CCC(N2CCC(c3cn(C(C)=O)c4ccccc34)CC2)CC1. The van der Waals surface area contributed by atoms with Crippen LogP contribution in [0.4, 0.5) is 4.79 Å². The van der Waals surface area contributed by atoms with Crippen LogP contribution >= 0.6 is 0 Å². The summed E-state index contributed by atoms with van der Waals surface area (Å²) in [6.45, 7) is 5.34. The number of likely N-dealkylation sites (tertiary alicyclic amines) is 2. The van der Waals surface area contributed by atoms with E-state index in [4.69, 9.17) is 4.74 Å². The summed E-state index contributed by atoms with van der Waals surface area (Å²) in [5.74, 6) is 0.564. The van der Waals surface area contributed by atoms with Crippen molar-refractivity contribution in [2.75, 3.05) is 33.3 Å². The zero-order valence-electron chi connectivity index (χ0n) is 16.8. The molecule has 2 aliphatic heterocycles. The summed E-state index contributed by atoms with van der Waals surface area (Å²) in [5, 5.41) is 1.21. The van der Waals surface area contributed by atoms with Gasteiger partial charge in [0.2, 0.25) is 5.91 Å². The van der Waals surface area contributed by atoms with E-state index in [1.165, 1.54) is 18.1 Å². The molecule has 1 amide bonds. The maximum atomic E-state index is 12.0. The predicted octanol–water partition coefficient (Wildman–Crippen LogP) is 3.71. The van der Waals surface area contributed by atoms with Gasteiger partial charge in [-0.3, -0.25) is 9.36 Å². The highest BCUT2D eigenvalue weighted by atomic mass is 16.5. The number of benzene rings is 1. The van der Waals surface area contributed by atoms with Crippen LogP contribution in [-0.2, 0) is 4.74 Å².